The lowest BCUT2D eigenvalue weighted by atomic mass is 10.1. The number of methoxy groups -OCH3 is 1. The van der Waals surface area contributed by atoms with Crippen LogP contribution in [0.5, 0.6) is 11.5 Å². The second kappa shape index (κ2) is 7.94. The van der Waals surface area contributed by atoms with Crippen LogP contribution in [0.4, 0.5) is 4.79 Å². The first-order valence-electron chi connectivity index (χ1n) is 6.54. The maximum Gasteiger partial charge on any atom is 0.332 e. The van der Waals surface area contributed by atoms with Gasteiger partial charge in [0.15, 0.2) is 11.5 Å². The number of allylic oxidation sites excluding steroid dienone is 1. The molecule has 0 atom stereocenters. The van der Waals surface area contributed by atoms with Crippen molar-refractivity contribution >= 4 is 12.2 Å². The van der Waals surface area contributed by atoms with E-state index in [0.29, 0.717) is 17.9 Å². The lowest BCUT2D eigenvalue weighted by Gasteiger charge is -2.17. The molecule has 21 heavy (non-hydrogen) atoms. The third-order valence-corrected chi connectivity index (χ3v) is 2.48. The zero-order chi connectivity index (χ0) is 15.8. The second-order valence-electron chi connectivity index (χ2n) is 4.61. The van der Waals surface area contributed by atoms with Crippen molar-refractivity contribution in [3.8, 4) is 11.5 Å². The summed E-state index contributed by atoms with van der Waals surface area (Å²) in [6.45, 7) is 7.64. The molecule has 1 aromatic rings. The number of hydrogen-bond acceptors (Lipinski definition) is 4. The van der Waals surface area contributed by atoms with Crippen LogP contribution >= 0.6 is 0 Å². The molecular weight excluding hydrogens is 270 g/mol. The van der Waals surface area contributed by atoms with Gasteiger partial charge in [-0.15, -0.1) is 6.58 Å². The summed E-state index contributed by atoms with van der Waals surface area (Å²) in [4.78, 5) is 10.6. The van der Waals surface area contributed by atoms with Crippen molar-refractivity contribution in [2.24, 2.45) is 10.8 Å². The monoisotopic (exact) mass is 291 g/mol. The molecule has 114 valence electrons. The topological polar surface area (TPSA) is 85.9 Å². The Morgan fingerprint density at radius 3 is 2.76 bits per heavy atom. The lowest BCUT2D eigenvalue weighted by molar-refractivity contribution is 0.228. The van der Waals surface area contributed by atoms with E-state index < -0.39 is 6.03 Å². The number of carbonyl (C=O) groups excluding carboxylic acids is 1. The van der Waals surface area contributed by atoms with E-state index in [0.717, 1.165) is 11.1 Å². The molecule has 1 aromatic carbocycles. The van der Waals surface area contributed by atoms with E-state index in [9.17, 15) is 4.79 Å². The van der Waals surface area contributed by atoms with Gasteiger partial charge in [-0.05, 0) is 38.0 Å². The van der Waals surface area contributed by atoms with Gasteiger partial charge < -0.3 is 15.2 Å². The highest BCUT2D eigenvalue weighted by Gasteiger charge is 2.13. The highest BCUT2D eigenvalue weighted by Crippen LogP contribution is 2.34. The number of ether oxygens (including phenoxy) is 2. The number of nitrogens with two attached hydrogens (primary N) is 1. The molecule has 0 saturated carbocycles. The molecular formula is C15H21N3O3. The van der Waals surface area contributed by atoms with Crippen molar-refractivity contribution in [3.05, 3.63) is 35.9 Å². The number of benzene rings is 1. The van der Waals surface area contributed by atoms with Gasteiger partial charge in [-0.1, -0.05) is 6.08 Å². The van der Waals surface area contributed by atoms with Gasteiger partial charge >= 0.3 is 6.03 Å². The number of nitrogens with one attached hydrogen (secondary N) is 1. The molecule has 0 aromatic heterocycles. The second-order valence-corrected chi connectivity index (χ2v) is 4.61. The number of urea groups is 1. The summed E-state index contributed by atoms with van der Waals surface area (Å²) in [6, 6.07) is 2.95. The molecule has 0 aliphatic heterocycles. The van der Waals surface area contributed by atoms with Crippen LogP contribution in [0.1, 0.15) is 25.0 Å². The van der Waals surface area contributed by atoms with Crippen molar-refractivity contribution in [1.29, 1.82) is 0 Å². The van der Waals surface area contributed by atoms with Crippen molar-refractivity contribution in [2.75, 3.05) is 7.11 Å². The first-order valence-corrected chi connectivity index (χ1v) is 6.54. The number of nitrogens with zero attached hydrogens (tertiary/aromatic N) is 1. The van der Waals surface area contributed by atoms with Crippen molar-refractivity contribution < 1.29 is 14.3 Å². The van der Waals surface area contributed by atoms with Gasteiger partial charge in [0, 0.05) is 5.56 Å². The molecule has 0 spiro atoms. The van der Waals surface area contributed by atoms with E-state index in [1.165, 1.54) is 6.21 Å². The number of amides is 2. The molecule has 0 radical (unpaired) electrons. The first-order chi connectivity index (χ1) is 9.97. The summed E-state index contributed by atoms with van der Waals surface area (Å²) in [5.74, 6) is 1.29. The van der Waals surface area contributed by atoms with E-state index in [1.807, 2.05) is 19.9 Å². The molecule has 0 fully saturated rings. The average Bonchev–Trinajstić information content (AvgIpc) is 2.40. The largest absolute Gasteiger partial charge is 0.493 e. The fourth-order valence-corrected chi connectivity index (χ4v) is 1.76. The van der Waals surface area contributed by atoms with E-state index in [4.69, 9.17) is 15.2 Å². The van der Waals surface area contributed by atoms with E-state index in [2.05, 4.69) is 17.1 Å². The minimum atomic E-state index is -0.718. The van der Waals surface area contributed by atoms with Crippen LogP contribution in [0, 0.1) is 0 Å². The standard InChI is InChI=1S/C15H21N3O3/c1-5-6-12-7-11(9-17-18-15(16)19)8-13(20-4)14(12)21-10(2)3/h5,7-10H,1,6H2,2-4H3,(H3,16,18,19). The number of rotatable bonds is 7. The van der Waals surface area contributed by atoms with Crippen molar-refractivity contribution in [1.82, 2.24) is 5.43 Å². The van der Waals surface area contributed by atoms with Gasteiger partial charge in [0.25, 0.3) is 0 Å². The quantitative estimate of drug-likeness (QED) is 0.459. The van der Waals surface area contributed by atoms with Crippen LogP contribution in [0.2, 0.25) is 0 Å². The van der Waals surface area contributed by atoms with Gasteiger partial charge in [0.05, 0.1) is 19.4 Å². The summed E-state index contributed by atoms with van der Waals surface area (Å²) in [6.07, 6.45) is 3.92. The Bertz CT molecular complexity index is 539. The molecule has 1 rings (SSSR count). The SMILES string of the molecule is C=CCc1cc(C=NNC(N)=O)cc(OC)c1OC(C)C. The zero-order valence-corrected chi connectivity index (χ0v) is 12.6. The smallest absolute Gasteiger partial charge is 0.332 e. The van der Waals surface area contributed by atoms with Crippen LogP contribution in [-0.2, 0) is 6.42 Å². The Kier molecular flexibility index (Phi) is 6.26. The van der Waals surface area contributed by atoms with Gasteiger partial charge in [-0.25, -0.2) is 10.2 Å². The molecule has 0 bridgehead atoms. The van der Waals surface area contributed by atoms with E-state index in [1.54, 1.807) is 19.3 Å². The number of hydrogen-bond donors (Lipinski definition) is 2. The molecule has 2 amide bonds. The minimum absolute atomic E-state index is 0.0264. The molecule has 3 N–H and O–H groups in total. The van der Waals surface area contributed by atoms with Gasteiger partial charge in [-0.2, -0.15) is 5.10 Å². The number of primary amides is 1. The zero-order valence-electron chi connectivity index (χ0n) is 12.6. The Balaban J connectivity index is 3.18. The van der Waals surface area contributed by atoms with Crippen LogP contribution in [0.25, 0.3) is 0 Å². The third kappa shape index (κ3) is 5.18. The highest BCUT2D eigenvalue weighted by atomic mass is 16.5. The van der Waals surface area contributed by atoms with Crippen LogP contribution in [0.15, 0.2) is 29.9 Å². The van der Waals surface area contributed by atoms with Crippen LogP contribution in [-0.4, -0.2) is 25.5 Å². The Labute approximate surface area is 124 Å². The highest BCUT2D eigenvalue weighted by molar-refractivity contribution is 5.83. The Morgan fingerprint density at radius 1 is 1.52 bits per heavy atom. The minimum Gasteiger partial charge on any atom is -0.493 e. The van der Waals surface area contributed by atoms with Crippen LogP contribution < -0.4 is 20.6 Å². The number of carbonyl (C=O) groups is 1. The van der Waals surface area contributed by atoms with Crippen LogP contribution in [0.3, 0.4) is 0 Å². The third-order valence-electron chi connectivity index (χ3n) is 2.48. The van der Waals surface area contributed by atoms with E-state index >= 15 is 0 Å². The average molecular weight is 291 g/mol. The van der Waals surface area contributed by atoms with Gasteiger partial charge in [0.1, 0.15) is 0 Å². The first kappa shape index (κ1) is 16.6. The molecule has 0 aliphatic rings. The summed E-state index contributed by atoms with van der Waals surface area (Å²) in [5, 5.41) is 3.74. The maximum absolute atomic E-state index is 10.6. The summed E-state index contributed by atoms with van der Waals surface area (Å²) in [7, 11) is 1.57. The Morgan fingerprint density at radius 2 is 2.24 bits per heavy atom. The predicted octanol–water partition coefficient (Wildman–Crippen LogP) is 2.21. The molecule has 6 heteroatoms. The fraction of sp³-hybridized carbons (Fsp3) is 0.333. The van der Waals surface area contributed by atoms with Gasteiger partial charge in [-0.3, -0.25) is 0 Å². The normalized spacial score (nSPS) is 10.7. The maximum atomic E-state index is 10.6. The molecule has 6 nitrogen and oxygen atoms in total. The molecule has 0 aliphatic carbocycles. The molecule has 0 unspecified atom stereocenters. The Hall–Kier alpha value is -2.50. The van der Waals surface area contributed by atoms with Gasteiger partial charge in [0.2, 0.25) is 0 Å². The predicted molar refractivity (Wildman–Crippen MR) is 83.0 cm³/mol. The molecule has 0 saturated heterocycles. The lowest BCUT2D eigenvalue weighted by Crippen LogP contribution is -2.24. The fourth-order valence-electron chi connectivity index (χ4n) is 1.76. The van der Waals surface area contributed by atoms with Crippen molar-refractivity contribution in [3.63, 3.8) is 0 Å². The van der Waals surface area contributed by atoms with Crippen molar-refractivity contribution in [2.45, 2.75) is 26.4 Å². The number of hydrazone groups is 1. The summed E-state index contributed by atoms with van der Waals surface area (Å²) in [5.41, 5.74) is 8.78. The summed E-state index contributed by atoms with van der Waals surface area (Å²) >= 11 is 0. The van der Waals surface area contributed by atoms with E-state index in [-0.39, 0.29) is 6.10 Å². The molecule has 0 heterocycles. The summed E-state index contributed by atoms with van der Waals surface area (Å²) < 4.78 is 11.2.